The summed E-state index contributed by atoms with van der Waals surface area (Å²) in [5.74, 6) is 1.40. The fourth-order valence-corrected chi connectivity index (χ4v) is 5.20. The number of hydrogen-bond donors (Lipinski definition) is 0. The molecule has 3 rings (SSSR count). The fraction of sp³-hybridized carbons (Fsp3) is 0.409. The lowest BCUT2D eigenvalue weighted by Gasteiger charge is -2.41. The van der Waals surface area contributed by atoms with Crippen molar-refractivity contribution in [2.75, 3.05) is 46.8 Å². The average molecular weight is 401 g/mol. The third kappa shape index (κ3) is 3.71. The molecule has 2 aromatic carbocycles. The second-order valence-corrected chi connectivity index (χ2v) is 8.58. The molecule has 6 heteroatoms. The molecule has 1 aliphatic rings. The molecule has 0 aromatic heterocycles. The summed E-state index contributed by atoms with van der Waals surface area (Å²) in [5, 5.41) is 0. The Morgan fingerprint density at radius 2 is 1.79 bits per heavy atom. The van der Waals surface area contributed by atoms with Crippen LogP contribution in [0.1, 0.15) is 18.4 Å². The van der Waals surface area contributed by atoms with Crippen molar-refractivity contribution in [3.8, 4) is 11.5 Å². The van der Waals surface area contributed by atoms with E-state index in [1.807, 2.05) is 43.4 Å². The predicted molar refractivity (Wildman–Crippen MR) is 115 cm³/mol. The summed E-state index contributed by atoms with van der Waals surface area (Å²) in [6.07, 6.45) is 1.65. The number of hydrogen-bond acceptors (Lipinski definition) is 5. The third-order valence-electron chi connectivity index (χ3n) is 5.14. The average Bonchev–Trinajstić information content (AvgIpc) is 2.70. The van der Waals surface area contributed by atoms with Crippen molar-refractivity contribution in [1.29, 1.82) is 0 Å². The largest absolute Gasteiger partial charge is 0.493 e. The number of carbonyl (C=O) groups excluding carboxylic acids is 1. The van der Waals surface area contributed by atoms with Crippen LogP contribution in [0.5, 0.6) is 11.5 Å². The van der Waals surface area contributed by atoms with Gasteiger partial charge in [-0.3, -0.25) is 4.79 Å². The molecule has 0 saturated heterocycles. The summed E-state index contributed by atoms with van der Waals surface area (Å²) in [7, 11) is 9.22. The Bertz CT molecular complexity index is 855. The molecule has 0 saturated carbocycles. The van der Waals surface area contributed by atoms with Gasteiger partial charge in [-0.1, -0.05) is 18.2 Å². The molecule has 1 unspecified atom stereocenters. The number of likely N-dealkylation sites (N-methyl/N-ethyl adjacent to an activating group) is 1. The molecule has 5 nitrogen and oxygen atoms in total. The molecule has 2 aromatic rings. The Kier molecular flexibility index (Phi) is 6.20. The van der Waals surface area contributed by atoms with Gasteiger partial charge in [0.2, 0.25) is 5.91 Å². The first-order valence-corrected chi connectivity index (χ1v) is 10.2. The van der Waals surface area contributed by atoms with Gasteiger partial charge in [0.25, 0.3) is 0 Å². The maximum atomic E-state index is 13.7. The molecule has 0 bridgehead atoms. The van der Waals surface area contributed by atoms with Gasteiger partial charge in [-0.2, -0.15) is 0 Å². The van der Waals surface area contributed by atoms with Gasteiger partial charge in [-0.05, 0) is 63.3 Å². The molecule has 0 aliphatic carbocycles. The fourth-order valence-electron chi connectivity index (χ4n) is 3.65. The number of nitrogens with zero attached hydrogens (tertiary/aromatic N) is 2. The van der Waals surface area contributed by atoms with Crippen molar-refractivity contribution in [3.05, 3.63) is 48.0 Å². The Hall–Kier alpha value is -2.18. The van der Waals surface area contributed by atoms with Crippen LogP contribution in [0.3, 0.4) is 0 Å². The maximum Gasteiger partial charge on any atom is 0.247 e. The number of anilines is 1. The number of thioether (sulfide) groups is 1. The highest BCUT2D eigenvalue weighted by Gasteiger charge is 2.47. The van der Waals surface area contributed by atoms with Crippen LogP contribution in [0, 0.1) is 0 Å². The summed E-state index contributed by atoms with van der Waals surface area (Å²) in [6.45, 7) is 0.925. The lowest BCUT2D eigenvalue weighted by molar-refractivity contribution is -0.121. The van der Waals surface area contributed by atoms with Crippen molar-refractivity contribution >= 4 is 23.4 Å². The van der Waals surface area contributed by atoms with E-state index in [9.17, 15) is 4.79 Å². The molecule has 0 radical (unpaired) electrons. The highest BCUT2D eigenvalue weighted by Crippen LogP contribution is 2.53. The predicted octanol–water partition coefficient (Wildman–Crippen LogP) is 4.01. The number of benzene rings is 2. The summed E-state index contributed by atoms with van der Waals surface area (Å²) in [6, 6.07) is 13.9. The van der Waals surface area contributed by atoms with Gasteiger partial charge in [-0.25, -0.2) is 0 Å². The van der Waals surface area contributed by atoms with Crippen LogP contribution in [0.15, 0.2) is 47.4 Å². The number of para-hydroxylation sites is 1. The first-order valence-electron chi connectivity index (χ1n) is 9.36. The molecular weight excluding hydrogens is 372 g/mol. The summed E-state index contributed by atoms with van der Waals surface area (Å²) >= 11 is 1.65. The molecule has 28 heavy (non-hydrogen) atoms. The first-order chi connectivity index (χ1) is 13.4. The molecule has 1 aliphatic heterocycles. The molecular formula is C22H28N2O3S. The van der Waals surface area contributed by atoms with Gasteiger partial charge in [0, 0.05) is 11.9 Å². The quantitative estimate of drug-likeness (QED) is 0.702. The molecule has 150 valence electrons. The second kappa shape index (κ2) is 8.45. The molecule has 0 N–H and O–H groups in total. The number of ether oxygens (including phenoxy) is 2. The van der Waals surface area contributed by atoms with Crippen LogP contribution >= 0.6 is 11.8 Å². The molecule has 1 atom stereocenters. The van der Waals surface area contributed by atoms with Crippen molar-refractivity contribution < 1.29 is 14.3 Å². The van der Waals surface area contributed by atoms with E-state index in [4.69, 9.17) is 9.47 Å². The summed E-state index contributed by atoms with van der Waals surface area (Å²) in [5.41, 5.74) is 1.90. The van der Waals surface area contributed by atoms with Gasteiger partial charge in [0.1, 0.15) is 4.75 Å². The van der Waals surface area contributed by atoms with Crippen molar-refractivity contribution in [2.45, 2.75) is 22.5 Å². The zero-order chi connectivity index (χ0) is 20.3. The van der Waals surface area contributed by atoms with Crippen LogP contribution < -0.4 is 14.4 Å². The zero-order valence-corrected chi connectivity index (χ0v) is 18.0. The van der Waals surface area contributed by atoms with Crippen LogP contribution in [-0.4, -0.2) is 52.7 Å². The molecule has 0 fully saturated rings. The van der Waals surface area contributed by atoms with E-state index in [2.05, 4.69) is 25.1 Å². The first kappa shape index (κ1) is 20.6. The summed E-state index contributed by atoms with van der Waals surface area (Å²) < 4.78 is 10.2. The number of fused-ring (bicyclic) bond motifs is 1. The minimum atomic E-state index is -0.696. The highest BCUT2D eigenvalue weighted by molar-refractivity contribution is 8.01. The van der Waals surface area contributed by atoms with Gasteiger partial charge in [0.05, 0.1) is 19.9 Å². The van der Waals surface area contributed by atoms with Crippen LogP contribution in [0.2, 0.25) is 0 Å². The van der Waals surface area contributed by atoms with Crippen molar-refractivity contribution in [3.63, 3.8) is 0 Å². The van der Waals surface area contributed by atoms with Gasteiger partial charge in [0.15, 0.2) is 11.5 Å². The number of amides is 1. The van der Waals surface area contributed by atoms with E-state index in [0.717, 1.165) is 35.5 Å². The Labute approximate surface area is 171 Å². The van der Waals surface area contributed by atoms with Crippen LogP contribution in [-0.2, 0) is 9.54 Å². The molecule has 0 spiro atoms. The molecule has 1 amide bonds. The number of methoxy groups -OCH3 is 2. The van der Waals surface area contributed by atoms with E-state index >= 15 is 0 Å². The topological polar surface area (TPSA) is 42.0 Å². The van der Waals surface area contributed by atoms with E-state index in [1.54, 1.807) is 30.9 Å². The Morgan fingerprint density at radius 1 is 1.07 bits per heavy atom. The Balaban J connectivity index is 2.10. The monoisotopic (exact) mass is 400 g/mol. The SMILES string of the molecule is COc1ccc(C2(CCCN(C)C)Sc3ccccc3N(C)C2=O)cc1OC. The van der Waals surface area contributed by atoms with Crippen molar-refractivity contribution in [2.24, 2.45) is 0 Å². The van der Waals surface area contributed by atoms with E-state index < -0.39 is 4.75 Å². The van der Waals surface area contributed by atoms with E-state index in [0.29, 0.717) is 11.5 Å². The maximum absolute atomic E-state index is 13.7. The van der Waals surface area contributed by atoms with E-state index in [-0.39, 0.29) is 5.91 Å². The van der Waals surface area contributed by atoms with Crippen LogP contribution in [0.25, 0.3) is 0 Å². The number of rotatable bonds is 7. The zero-order valence-electron chi connectivity index (χ0n) is 17.2. The third-order valence-corrected chi connectivity index (χ3v) is 6.67. The summed E-state index contributed by atoms with van der Waals surface area (Å²) in [4.78, 5) is 18.7. The van der Waals surface area contributed by atoms with E-state index in [1.165, 1.54) is 0 Å². The lowest BCUT2D eigenvalue weighted by atomic mass is 9.90. The highest BCUT2D eigenvalue weighted by atomic mass is 32.2. The number of carbonyl (C=O) groups is 1. The minimum Gasteiger partial charge on any atom is -0.493 e. The normalized spacial score (nSPS) is 18.9. The lowest BCUT2D eigenvalue weighted by Crippen LogP contribution is -2.46. The minimum absolute atomic E-state index is 0.0992. The van der Waals surface area contributed by atoms with Gasteiger partial charge in [-0.15, -0.1) is 11.8 Å². The van der Waals surface area contributed by atoms with Gasteiger partial charge >= 0.3 is 0 Å². The Morgan fingerprint density at radius 3 is 2.46 bits per heavy atom. The smallest absolute Gasteiger partial charge is 0.247 e. The standard InChI is InChI=1S/C22H28N2O3S/c1-23(2)14-8-13-22(16-11-12-18(26-4)19(15-16)27-5)21(25)24(3)17-9-6-7-10-20(17)28-22/h6-7,9-12,15H,8,13-14H2,1-5H3. The van der Waals surface area contributed by atoms with Crippen LogP contribution in [0.4, 0.5) is 5.69 Å². The van der Waals surface area contributed by atoms with Gasteiger partial charge < -0.3 is 19.3 Å². The van der Waals surface area contributed by atoms with Crippen molar-refractivity contribution in [1.82, 2.24) is 4.90 Å². The molecule has 1 heterocycles. The second-order valence-electron chi connectivity index (χ2n) is 7.24.